The molecule has 0 spiro atoms. The van der Waals surface area contributed by atoms with Crippen molar-refractivity contribution in [3.05, 3.63) is 29.3 Å². The number of rotatable bonds is 5. The molecule has 92 valence electrons. The van der Waals surface area contributed by atoms with Crippen LogP contribution in [0.1, 0.15) is 24.5 Å². The highest BCUT2D eigenvalue weighted by Gasteiger charge is 2.11. The van der Waals surface area contributed by atoms with E-state index >= 15 is 0 Å². The summed E-state index contributed by atoms with van der Waals surface area (Å²) in [6.45, 7) is 4.97. The van der Waals surface area contributed by atoms with Gasteiger partial charge in [0.15, 0.2) is 0 Å². The van der Waals surface area contributed by atoms with E-state index in [9.17, 15) is 4.79 Å². The molecule has 1 heterocycles. The van der Waals surface area contributed by atoms with Crippen molar-refractivity contribution in [1.82, 2.24) is 5.32 Å². The Kier molecular flexibility index (Phi) is 4.12. The molecule has 4 nitrogen and oxygen atoms in total. The molecule has 0 aromatic heterocycles. The number of nitrogens with one attached hydrogen (secondary N) is 2. The Morgan fingerprint density at radius 1 is 1.35 bits per heavy atom. The van der Waals surface area contributed by atoms with E-state index in [-0.39, 0.29) is 5.91 Å². The smallest absolute Gasteiger partial charge is 0.225 e. The van der Waals surface area contributed by atoms with Gasteiger partial charge in [-0.3, -0.25) is 4.79 Å². The second-order valence-electron chi connectivity index (χ2n) is 4.13. The van der Waals surface area contributed by atoms with Gasteiger partial charge in [0, 0.05) is 18.7 Å². The average molecular weight is 234 g/mol. The van der Waals surface area contributed by atoms with Gasteiger partial charge in [-0.15, -0.1) is 0 Å². The maximum atomic E-state index is 11.6. The first-order chi connectivity index (χ1) is 8.29. The fourth-order valence-electron chi connectivity index (χ4n) is 1.85. The lowest BCUT2D eigenvalue weighted by atomic mass is 10.1. The zero-order valence-electron chi connectivity index (χ0n) is 10.1. The molecular formula is C13H18N2O2. The van der Waals surface area contributed by atoms with Crippen LogP contribution in [0.2, 0.25) is 0 Å². The number of hydrogen-bond acceptors (Lipinski definition) is 3. The standard InChI is InChI=1S/C13H18N2O2/c1-2-14-6-5-13(16)15-12-4-3-10-8-17-9-11(10)7-12/h3-4,7,14H,2,5-6,8-9H2,1H3,(H,15,16). The third-order valence-corrected chi connectivity index (χ3v) is 2.78. The van der Waals surface area contributed by atoms with Gasteiger partial charge in [-0.05, 0) is 29.8 Å². The highest BCUT2D eigenvalue weighted by molar-refractivity contribution is 5.90. The summed E-state index contributed by atoms with van der Waals surface area (Å²) in [5.41, 5.74) is 3.25. The van der Waals surface area contributed by atoms with Crippen LogP contribution in [0.5, 0.6) is 0 Å². The molecule has 0 unspecified atom stereocenters. The predicted molar refractivity (Wildman–Crippen MR) is 66.7 cm³/mol. The van der Waals surface area contributed by atoms with Gasteiger partial charge in [-0.2, -0.15) is 0 Å². The van der Waals surface area contributed by atoms with Crippen LogP contribution in [0.15, 0.2) is 18.2 Å². The van der Waals surface area contributed by atoms with Crippen LogP contribution in [0.4, 0.5) is 5.69 Å². The van der Waals surface area contributed by atoms with Crippen LogP contribution in [0, 0.1) is 0 Å². The Balaban J connectivity index is 1.88. The molecule has 1 amide bonds. The maximum Gasteiger partial charge on any atom is 0.225 e. The fourth-order valence-corrected chi connectivity index (χ4v) is 1.85. The first kappa shape index (κ1) is 12.1. The summed E-state index contributed by atoms with van der Waals surface area (Å²) in [5, 5.41) is 6.02. The van der Waals surface area contributed by atoms with Crippen molar-refractivity contribution in [3.63, 3.8) is 0 Å². The highest BCUT2D eigenvalue weighted by atomic mass is 16.5. The summed E-state index contributed by atoms with van der Waals surface area (Å²) in [5.74, 6) is 0.0461. The first-order valence-corrected chi connectivity index (χ1v) is 5.99. The van der Waals surface area contributed by atoms with E-state index in [1.807, 2.05) is 25.1 Å². The molecule has 0 saturated carbocycles. The molecule has 0 saturated heterocycles. The zero-order valence-corrected chi connectivity index (χ0v) is 10.1. The van der Waals surface area contributed by atoms with Crippen LogP contribution < -0.4 is 10.6 Å². The monoisotopic (exact) mass is 234 g/mol. The second kappa shape index (κ2) is 5.80. The summed E-state index contributed by atoms with van der Waals surface area (Å²) in [6, 6.07) is 5.94. The minimum Gasteiger partial charge on any atom is -0.372 e. The first-order valence-electron chi connectivity index (χ1n) is 5.99. The Morgan fingerprint density at radius 2 is 2.18 bits per heavy atom. The molecule has 2 rings (SSSR count). The minimum absolute atomic E-state index is 0.0461. The number of benzene rings is 1. The second-order valence-corrected chi connectivity index (χ2v) is 4.13. The molecular weight excluding hydrogens is 216 g/mol. The molecule has 0 aliphatic carbocycles. The normalized spacial score (nSPS) is 13.5. The Labute approximate surface area is 101 Å². The molecule has 1 aromatic rings. The molecule has 1 aromatic carbocycles. The van der Waals surface area contributed by atoms with Gasteiger partial charge < -0.3 is 15.4 Å². The third-order valence-electron chi connectivity index (χ3n) is 2.78. The summed E-state index contributed by atoms with van der Waals surface area (Å²) in [6.07, 6.45) is 0.501. The molecule has 4 heteroatoms. The number of carbonyl (C=O) groups is 1. The summed E-state index contributed by atoms with van der Waals surface area (Å²) in [7, 11) is 0. The summed E-state index contributed by atoms with van der Waals surface area (Å²) < 4.78 is 5.33. The lowest BCUT2D eigenvalue weighted by molar-refractivity contribution is -0.116. The van der Waals surface area contributed by atoms with Crippen LogP contribution in [0.3, 0.4) is 0 Å². The Hall–Kier alpha value is -1.39. The molecule has 0 atom stereocenters. The molecule has 0 fully saturated rings. The van der Waals surface area contributed by atoms with E-state index in [0.29, 0.717) is 19.6 Å². The van der Waals surface area contributed by atoms with Crippen LogP contribution in [0.25, 0.3) is 0 Å². The number of carbonyl (C=O) groups excluding carboxylic acids is 1. The number of anilines is 1. The van der Waals surface area contributed by atoms with Crippen LogP contribution in [-0.2, 0) is 22.7 Å². The van der Waals surface area contributed by atoms with Crippen LogP contribution in [-0.4, -0.2) is 19.0 Å². The molecule has 0 bridgehead atoms. The lowest BCUT2D eigenvalue weighted by Gasteiger charge is -2.07. The van der Waals surface area contributed by atoms with Gasteiger partial charge in [0.2, 0.25) is 5.91 Å². The van der Waals surface area contributed by atoms with Gasteiger partial charge in [-0.1, -0.05) is 13.0 Å². The van der Waals surface area contributed by atoms with Gasteiger partial charge in [-0.25, -0.2) is 0 Å². The number of fused-ring (bicyclic) bond motifs is 1. The SMILES string of the molecule is CCNCCC(=O)Nc1ccc2c(c1)COC2. The molecule has 17 heavy (non-hydrogen) atoms. The highest BCUT2D eigenvalue weighted by Crippen LogP contribution is 2.23. The van der Waals surface area contributed by atoms with Crippen LogP contribution >= 0.6 is 0 Å². The van der Waals surface area contributed by atoms with E-state index in [2.05, 4.69) is 10.6 Å². The largest absolute Gasteiger partial charge is 0.372 e. The maximum absolute atomic E-state index is 11.6. The Bertz CT molecular complexity index is 404. The van der Waals surface area contributed by atoms with Crippen molar-refractivity contribution in [2.45, 2.75) is 26.6 Å². The molecule has 2 N–H and O–H groups in total. The van der Waals surface area contributed by atoms with Crippen molar-refractivity contribution >= 4 is 11.6 Å². The van der Waals surface area contributed by atoms with Gasteiger partial charge in [0.05, 0.1) is 13.2 Å². The number of ether oxygens (including phenoxy) is 1. The van der Waals surface area contributed by atoms with E-state index in [1.165, 1.54) is 11.1 Å². The number of amides is 1. The summed E-state index contributed by atoms with van der Waals surface area (Å²) in [4.78, 5) is 11.6. The average Bonchev–Trinajstić information content (AvgIpc) is 2.76. The minimum atomic E-state index is 0.0461. The third kappa shape index (κ3) is 3.28. The van der Waals surface area contributed by atoms with E-state index in [1.54, 1.807) is 0 Å². The quantitative estimate of drug-likeness (QED) is 0.762. The topological polar surface area (TPSA) is 50.4 Å². The van der Waals surface area contributed by atoms with Crippen molar-refractivity contribution in [1.29, 1.82) is 0 Å². The van der Waals surface area contributed by atoms with Gasteiger partial charge in [0.25, 0.3) is 0 Å². The van der Waals surface area contributed by atoms with Crippen molar-refractivity contribution in [3.8, 4) is 0 Å². The molecule has 0 radical (unpaired) electrons. The lowest BCUT2D eigenvalue weighted by Crippen LogP contribution is -2.21. The van der Waals surface area contributed by atoms with Gasteiger partial charge in [0.1, 0.15) is 0 Å². The molecule has 1 aliphatic heterocycles. The van der Waals surface area contributed by atoms with E-state index in [4.69, 9.17) is 4.74 Å². The van der Waals surface area contributed by atoms with Crippen molar-refractivity contribution in [2.24, 2.45) is 0 Å². The number of hydrogen-bond donors (Lipinski definition) is 2. The molecule has 1 aliphatic rings. The van der Waals surface area contributed by atoms with Crippen molar-refractivity contribution in [2.75, 3.05) is 18.4 Å². The Morgan fingerprint density at radius 3 is 3.00 bits per heavy atom. The predicted octanol–water partition coefficient (Wildman–Crippen LogP) is 1.65. The van der Waals surface area contributed by atoms with E-state index in [0.717, 1.165) is 18.8 Å². The zero-order chi connectivity index (χ0) is 12.1. The van der Waals surface area contributed by atoms with E-state index < -0.39 is 0 Å². The van der Waals surface area contributed by atoms with Crippen molar-refractivity contribution < 1.29 is 9.53 Å². The van der Waals surface area contributed by atoms with Gasteiger partial charge >= 0.3 is 0 Å². The summed E-state index contributed by atoms with van der Waals surface area (Å²) >= 11 is 0. The fraction of sp³-hybridized carbons (Fsp3) is 0.462.